The molecule has 0 saturated heterocycles. The standard InChI is InChI=1S/C12H17/c1-3-4-5-8-12-9-6-7-11(2)10-12/h7,9-10H,3-5,8H2,1-2H3. The number of aryl methyl sites for hydroxylation is 2. The van der Waals surface area contributed by atoms with Gasteiger partial charge in [0.15, 0.2) is 0 Å². The summed E-state index contributed by atoms with van der Waals surface area (Å²) in [5, 5.41) is 0. The Kier molecular flexibility index (Phi) is 3.86. The first-order valence-electron chi connectivity index (χ1n) is 4.79. The zero-order chi connectivity index (χ0) is 8.81. The molecule has 0 heterocycles. The van der Waals surface area contributed by atoms with Gasteiger partial charge in [0.2, 0.25) is 0 Å². The van der Waals surface area contributed by atoms with E-state index in [1.165, 1.54) is 36.8 Å². The van der Waals surface area contributed by atoms with Crippen LogP contribution in [-0.2, 0) is 6.42 Å². The highest BCUT2D eigenvalue weighted by Gasteiger charge is 1.92. The summed E-state index contributed by atoms with van der Waals surface area (Å²) in [4.78, 5) is 0. The number of hydrogen-bond acceptors (Lipinski definition) is 0. The average Bonchev–Trinajstić information content (AvgIpc) is 2.05. The van der Waals surface area contributed by atoms with Crippen molar-refractivity contribution < 1.29 is 0 Å². The molecule has 0 fully saturated rings. The van der Waals surface area contributed by atoms with Crippen molar-refractivity contribution in [3.05, 3.63) is 35.4 Å². The SMILES string of the molecule is CCCCCc1c[c]cc(C)c1. The van der Waals surface area contributed by atoms with E-state index in [2.05, 4.69) is 32.0 Å². The Balaban J connectivity index is 2.41. The molecule has 0 heteroatoms. The first kappa shape index (κ1) is 9.31. The van der Waals surface area contributed by atoms with Crippen molar-refractivity contribution in [2.45, 2.75) is 39.5 Å². The smallest absolute Gasteiger partial charge is 0.0178 e. The van der Waals surface area contributed by atoms with Crippen LogP contribution >= 0.6 is 0 Å². The fourth-order valence-electron chi connectivity index (χ4n) is 1.38. The lowest BCUT2D eigenvalue weighted by Crippen LogP contribution is -1.85. The Morgan fingerprint density at radius 2 is 2.08 bits per heavy atom. The van der Waals surface area contributed by atoms with Gasteiger partial charge in [0, 0.05) is 0 Å². The molecule has 0 aliphatic heterocycles. The Labute approximate surface area is 75.6 Å². The maximum Gasteiger partial charge on any atom is -0.0178 e. The van der Waals surface area contributed by atoms with Crippen molar-refractivity contribution in [3.8, 4) is 0 Å². The quantitative estimate of drug-likeness (QED) is 0.593. The number of unbranched alkanes of at least 4 members (excludes halogenated alkanes) is 2. The maximum absolute atomic E-state index is 3.16. The predicted molar refractivity (Wildman–Crippen MR) is 53.2 cm³/mol. The van der Waals surface area contributed by atoms with Crippen molar-refractivity contribution in [3.63, 3.8) is 0 Å². The second kappa shape index (κ2) is 4.97. The predicted octanol–water partition coefficient (Wildman–Crippen LogP) is 3.53. The van der Waals surface area contributed by atoms with Crippen LogP contribution in [0.4, 0.5) is 0 Å². The fourth-order valence-corrected chi connectivity index (χ4v) is 1.38. The lowest BCUT2D eigenvalue weighted by molar-refractivity contribution is 0.717. The molecule has 0 amide bonds. The van der Waals surface area contributed by atoms with Gasteiger partial charge in [-0.05, 0) is 31.4 Å². The van der Waals surface area contributed by atoms with Gasteiger partial charge in [0.1, 0.15) is 0 Å². The van der Waals surface area contributed by atoms with Crippen molar-refractivity contribution in [2.75, 3.05) is 0 Å². The Bertz CT molecular complexity index is 225. The molecular formula is C12H17. The van der Waals surface area contributed by atoms with Crippen LogP contribution in [-0.4, -0.2) is 0 Å². The third-order valence-electron chi connectivity index (χ3n) is 2.06. The van der Waals surface area contributed by atoms with E-state index < -0.39 is 0 Å². The molecule has 0 aliphatic carbocycles. The number of hydrogen-bond donors (Lipinski definition) is 0. The van der Waals surface area contributed by atoms with E-state index >= 15 is 0 Å². The van der Waals surface area contributed by atoms with E-state index in [0.29, 0.717) is 0 Å². The minimum atomic E-state index is 1.21. The molecule has 1 rings (SSSR count). The molecule has 0 saturated carbocycles. The number of rotatable bonds is 4. The van der Waals surface area contributed by atoms with Crippen LogP contribution < -0.4 is 0 Å². The van der Waals surface area contributed by atoms with Crippen LogP contribution in [0, 0.1) is 13.0 Å². The first-order chi connectivity index (χ1) is 5.83. The van der Waals surface area contributed by atoms with E-state index in [-0.39, 0.29) is 0 Å². The third kappa shape index (κ3) is 3.08. The van der Waals surface area contributed by atoms with Gasteiger partial charge in [0.25, 0.3) is 0 Å². The van der Waals surface area contributed by atoms with E-state index in [4.69, 9.17) is 0 Å². The fraction of sp³-hybridized carbons (Fsp3) is 0.500. The monoisotopic (exact) mass is 161 g/mol. The number of benzene rings is 1. The second-order valence-corrected chi connectivity index (χ2v) is 3.38. The summed E-state index contributed by atoms with van der Waals surface area (Å²) < 4.78 is 0. The first-order valence-corrected chi connectivity index (χ1v) is 4.79. The highest BCUT2D eigenvalue weighted by atomic mass is 14.0. The van der Waals surface area contributed by atoms with Gasteiger partial charge >= 0.3 is 0 Å². The largest absolute Gasteiger partial charge is 0.0654 e. The molecule has 0 nitrogen and oxygen atoms in total. The van der Waals surface area contributed by atoms with Crippen LogP contribution in [0.2, 0.25) is 0 Å². The summed E-state index contributed by atoms with van der Waals surface area (Å²) in [5.74, 6) is 0. The van der Waals surface area contributed by atoms with Gasteiger partial charge in [-0.25, -0.2) is 0 Å². The minimum absolute atomic E-state index is 1.21. The lowest BCUT2D eigenvalue weighted by atomic mass is 10.1. The molecule has 1 radical (unpaired) electrons. The Morgan fingerprint density at radius 1 is 1.25 bits per heavy atom. The second-order valence-electron chi connectivity index (χ2n) is 3.38. The van der Waals surface area contributed by atoms with Crippen LogP contribution in [0.3, 0.4) is 0 Å². The molecule has 1 aromatic rings. The molecule has 12 heavy (non-hydrogen) atoms. The molecule has 0 aromatic heterocycles. The van der Waals surface area contributed by atoms with Gasteiger partial charge < -0.3 is 0 Å². The molecule has 0 unspecified atom stereocenters. The van der Waals surface area contributed by atoms with E-state index in [0.717, 1.165) is 0 Å². The zero-order valence-corrected chi connectivity index (χ0v) is 8.06. The summed E-state index contributed by atoms with van der Waals surface area (Å²) in [6, 6.07) is 9.54. The third-order valence-corrected chi connectivity index (χ3v) is 2.06. The van der Waals surface area contributed by atoms with E-state index in [9.17, 15) is 0 Å². The highest BCUT2D eigenvalue weighted by molar-refractivity contribution is 5.21. The van der Waals surface area contributed by atoms with Crippen LogP contribution in [0.1, 0.15) is 37.3 Å². The van der Waals surface area contributed by atoms with Gasteiger partial charge in [-0.1, -0.05) is 43.5 Å². The van der Waals surface area contributed by atoms with Gasteiger partial charge in [-0.3, -0.25) is 0 Å². The maximum atomic E-state index is 3.16. The average molecular weight is 161 g/mol. The van der Waals surface area contributed by atoms with Gasteiger partial charge in [-0.15, -0.1) is 0 Å². The summed E-state index contributed by atoms with van der Waals surface area (Å²) in [6.07, 6.45) is 5.17. The van der Waals surface area contributed by atoms with Gasteiger partial charge in [0.05, 0.1) is 0 Å². The van der Waals surface area contributed by atoms with Gasteiger partial charge in [-0.2, -0.15) is 0 Å². The summed E-state index contributed by atoms with van der Waals surface area (Å²) in [5.41, 5.74) is 2.76. The summed E-state index contributed by atoms with van der Waals surface area (Å²) >= 11 is 0. The van der Waals surface area contributed by atoms with Crippen LogP contribution in [0.15, 0.2) is 18.2 Å². The molecule has 1 aromatic carbocycles. The van der Waals surface area contributed by atoms with Crippen molar-refractivity contribution in [1.82, 2.24) is 0 Å². The molecule has 0 N–H and O–H groups in total. The Morgan fingerprint density at radius 3 is 2.75 bits per heavy atom. The van der Waals surface area contributed by atoms with Crippen molar-refractivity contribution in [2.24, 2.45) is 0 Å². The molecule has 0 bridgehead atoms. The van der Waals surface area contributed by atoms with E-state index in [1.807, 2.05) is 6.07 Å². The molecule has 0 spiro atoms. The zero-order valence-electron chi connectivity index (χ0n) is 8.06. The minimum Gasteiger partial charge on any atom is -0.0654 e. The Hall–Kier alpha value is -0.780. The molecule has 65 valence electrons. The van der Waals surface area contributed by atoms with E-state index in [1.54, 1.807) is 0 Å². The molecular weight excluding hydrogens is 144 g/mol. The topological polar surface area (TPSA) is 0 Å². The van der Waals surface area contributed by atoms with Crippen LogP contribution in [0.5, 0.6) is 0 Å². The highest BCUT2D eigenvalue weighted by Crippen LogP contribution is 2.08. The summed E-state index contributed by atoms with van der Waals surface area (Å²) in [6.45, 7) is 4.36. The molecule has 0 aliphatic rings. The van der Waals surface area contributed by atoms with Crippen LogP contribution in [0.25, 0.3) is 0 Å². The summed E-state index contributed by atoms with van der Waals surface area (Å²) in [7, 11) is 0. The van der Waals surface area contributed by atoms with Crippen molar-refractivity contribution >= 4 is 0 Å². The normalized spacial score (nSPS) is 10.2. The van der Waals surface area contributed by atoms with Crippen molar-refractivity contribution in [1.29, 1.82) is 0 Å². The lowest BCUT2D eigenvalue weighted by Gasteiger charge is -2.00. The molecule has 0 atom stereocenters.